The fourth-order valence-electron chi connectivity index (χ4n) is 4.24. The number of hydrogen-bond donors (Lipinski definition) is 2. The second-order valence-electron chi connectivity index (χ2n) is 7.21. The maximum atomic E-state index is 11.0. The number of fused-ring (bicyclic) bond motifs is 2. The van der Waals surface area contributed by atoms with Gasteiger partial charge in [-0.2, -0.15) is 0 Å². The van der Waals surface area contributed by atoms with Gasteiger partial charge in [0.25, 0.3) is 0 Å². The van der Waals surface area contributed by atoms with Crippen LogP contribution in [0.15, 0.2) is 24.3 Å². The zero-order valence-electron chi connectivity index (χ0n) is 14.8. The summed E-state index contributed by atoms with van der Waals surface area (Å²) in [4.78, 5) is 2.35. The quantitative estimate of drug-likeness (QED) is 0.832. The molecule has 3 fully saturated rings. The number of likely N-dealkylation sites (tertiary alicyclic amines) is 1. The molecule has 0 radical (unpaired) electrons. The molecule has 6 nitrogen and oxygen atoms in total. The van der Waals surface area contributed by atoms with E-state index in [1.165, 1.54) is 19.3 Å². The zero-order valence-corrected chi connectivity index (χ0v) is 14.8. The van der Waals surface area contributed by atoms with Crippen LogP contribution in [0.3, 0.4) is 0 Å². The molecule has 3 saturated heterocycles. The first kappa shape index (κ1) is 17.2. The van der Waals surface area contributed by atoms with Crippen LogP contribution in [0.4, 0.5) is 0 Å². The molecule has 25 heavy (non-hydrogen) atoms. The lowest BCUT2D eigenvalue weighted by Crippen LogP contribution is -2.64. The number of rotatable bonds is 5. The first-order chi connectivity index (χ1) is 12.3. The van der Waals surface area contributed by atoms with Crippen LogP contribution in [0.25, 0.3) is 0 Å². The van der Waals surface area contributed by atoms with Gasteiger partial charge < -0.3 is 24.6 Å². The van der Waals surface area contributed by atoms with E-state index < -0.39 is 6.10 Å². The molecule has 5 unspecified atom stereocenters. The summed E-state index contributed by atoms with van der Waals surface area (Å²) in [5.41, 5.74) is 1.16. The monoisotopic (exact) mass is 348 g/mol. The second-order valence-corrected chi connectivity index (χ2v) is 7.21. The smallest absolute Gasteiger partial charge is 0.176 e. The molecule has 0 spiro atoms. The molecule has 3 aliphatic heterocycles. The van der Waals surface area contributed by atoms with Crippen LogP contribution >= 0.6 is 0 Å². The van der Waals surface area contributed by atoms with Crippen molar-refractivity contribution in [2.75, 3.05) is 26.8 Å². The van der Waals surface area contributed by atoms with Crippen molar-refractivity contribution in [2.45, 2.75) is 56.4 Å². The molecule has 0 aliphatic carbocycles. The van der Waals surface area contributed by atoms with Gasteiger partial charge in [0.05, 0.1) is 31.9 Å². The summed E-state index contributed by atoms with van der Waals surface area (Å²) >= 11 is 0. The number of aliphatic hydroxyl groups excluding tert-OH is 1. The average Bonchev–Trinajstić information content (AvgIpc) is 3.08. The molecule has 0 aromatic heterocycles. The van der Waals surface area contributed by atoms with Crippen LogP contribution in [-0.2, 0) is 16.0 Å². The molecule has 1 aromatic carbocycles. The Balaban J connectivity index is 1.42. The van der Waals surface area contributed by atoms with Crippen LogP contribution in [-0.4, -0.2) is 67.4 Å². The molecule has 0 amide bonds. The fourth-order valence-corrected chi connectivity index (χ4v) is 4.24. The van der Waals surface area contributed by atoms with Gasteiger partial charge >= 0.3 is 0 Å². The minimum Gasteiger partial charge on any atom is -0.497 e. The summed E-state index contributed by atoms with van der Waals surface area (Å²) in [6, 6.07) is 7.79. The van der Waals surface area contributed by atoms with E-state index in [9.17, 15) is 5.11 Å². The van der Waals surface area contributed by atoms with E-state index in [0.717, 1.165) is 24.4 Å². The Morgan fingerprint density at radius 3 is 2.68 bits per heavy atom. The van der Waals surface area contributed by atoms with Crippen molar-refractivity contribution in [3.8, 4) is 5.75 Å². The lowest BCUT2D eigenvalue weighted by molar-refractivity contribution is -0.184. The second kappa shape index (κ2) is 7.60. The van der Waals surface area contributed by atoms with Crippen LogP contribution in [0.1, 0.15) is 24.8 Å². The van der Waals surface area contributed by atoms with Gasteiger partial charge in [-0.15, -0.1) is 0 Å². The van der Waals surface area contributed by atoms with E-state index >= 15 is 0 Å². The summed E-state index contributed by atoms with van der Waals surface area (Å²) in [6.45, 7) is 3.26. The van der Waals surface area contributed by atoms with E-state index in [0.29, 0.717) is 13.2 Å². The summed E-state index contributed by atoms with van der Waals surface area (Å²) in [7, 11) is 1.67. The molecule has 0 saturated carbocycles. The van der Waals surface area contributed by atoms with Crippen molar-refractivity contribution < 1.29 is 19.3 Å². The highest BCUT2D eigenvalue weighted by Crippen LogP contribution is 2.32. The number of aliphatic hydroxyl groups is 1. The predicted octanol–water partition coefficient (Wildman–Crippen LogP) is 1.12. The zero-order chi connectivity index (χ0) is 17.2. The molecule has 2 bridgehead atoms. The molecule has 6 heteroatoms. The number of methoxy groups -OCH3 is 1. The molecule has 138 valence electrons. The van der Waals surface area contributed by atoms with Crippen molar-refractivity contribution >= 4 is 0 Å². The first-order valence-corrected chi connectivity index (χ1v) is 9.32. The van der Waals surface area contributed by atoms with E-state index in [1.807, 2.05) is 24.3 Å². The first-order valence-electron chi connectivity index (χ1n) is 9.32. The fraction of sp³-hybridized carbons (Fsp3) is 0.684. The molecule has 1 aromatic rings. The summed E-state index contributed by atoms with van der Waals surface area (Å²) in [5.74, 6) is 0.849. The largest absolute Gasteiger partial charge is 0.497 e. The molecular formula is C19H28N2O4. The minimum atomic E-state index is -0.484. The SMILES string of the molecule is COc1ccc(CNC2C3COC(O3)C(N3CCCCC3)C2O)cc1. The Morgan fingerprint density at radius 2 is 1.96 bits per heavy atom. The molecule has 4 rings (SSSR count). The van der Waals surface area contributed by atoms with Crippen LogP contribution < -0.4 is 10.1 Å². The predicted molar refractivity (Wildman–Crippen MR) is 93.5 cm³/mol. The highest BCUT2D eigenvalue weighted by atomic mass is 16.7. The maximum Gasteiger partial charge on any atom is 0.176 e. The highest BCUT2D eigenvalue weighted by molar-refractivity contribution is 5.27. The van der Waals surface area contributed by atoms with Crippen molar-refractivity contribution in [1.82, 2.24) is 10.2 Å². The number of benzene rings is 1. The average molecular weight is 348 g/mol. The van der Waals surface area contributed by atoms with Crippen molar-refractivity contribution in [1.29, 1.82) is 0 Å². The van der Waals surface area contributed by atoms with Gasteiger partial charge in [-0.1, -0.05) is 18.6 Å². The molecular weight excluding hydrogens is 320 g/mol. The van der Waals surface area contributed by atoms with E-state index in [2.05, 4.69) is 10.2 Å². The lowest BCUT2D eigenvalue weighted by atomic mass is 9.93. The maximum absolute atomic E-state index is 11.0. The van der Waals surface area contributed by atoms with Crippen molar-refractivity contribution in [3.05, 3.63) is 29.8 Å². The topological polar surface area (TPSA) is 63.2 Å². The Morgan fingerprint density at radius 1 is 1.20 bits per heavy atom. The number of hydrogen-bond acceptors (Lipinski definition) is 6. The lowest BCUT2D eigenvalue weighted by Gasteiger charge is -2.45. The van der Waals surface area contributed by atoms with Crippen LogP contribution in [0.5, 0.6) is 5.75 Å². The van der Waals surface area contributed by atoms with Crippen LogP contribution in [0.2, 0.25) is 0 Å². The molecule has 3 aliphatic rings. The van der Waals surface area contributed by atoms with E-state index in [4.69, 9.17) is 14.2 Å². The Bertz CT molecular complexity index is 561. The summed E-state index contributed by atoms with van der Waals surface area (Å²) in [6.07, 6.45) is 2.78. The molecule has 2 N–H and O–H groups in total. The van der Waals surface area contributed by atoms with Gasteiger partial charge in [-0.05, 0) is 43.6 Å². The van der Waals surface area contributed by atoms with Crippen molar-refractivity contribution in [3.63, 3.8) is 0 Å². The normalized spacial score (nSPS) is 35.7. The van der Waals surface area contributed by atoms with Gasteiger partial charge in [0, 0.05) is 6.54 Å². The third-order valence-electron chi connectivity index (χ3n) is 5.64. The van der Waals surface area contributed by atoms with E-state index in [-0.39, 0.29) is 24.5 Å². The minimum absolute atomic E-state index is 0.0765. The standard InChI is InChI=1S/C19H28N2O4/c1-23-14-7-5-13(6-8-14)11-20-16-15-12-24-19(25-15)17(18(16)22)21-9-3-2-4-10-21/h5-8,15-20,22H,2-4,9-12H2,1H3. The number of piperidine rings is 1. The summed E-state index contributed by atoms with van der Waals surface area (Å²) in [5, 5.41) is 14.5. The van der Waals surface area contributed by atoms with Gasteiger partial charge in [-0.3, -0.25) is 4.90 Å². The third kappa shape index (κ3) is 3.55. The van der Waals surface area contributed by atoms with E-state index in [1.54, 1.807) is 7.11 Å². The van der Waals surface area contributed by atoms with Crippen LogP contribution in [0, 0.1) is 0 Å². The highest BCUT2D eigenvalue weighted by Gasteiger charge is 2.51. The third-order valence-corrected chi connectivity index (χ3v) is 5.64. The molecule has 5 atom stereocenters. The molecule has 3 heterocycles. The van der Waals surface area contributed by atoms with Gasteiger partial charge in [0.15, 0.2) is 6.29 Å². The Hall–Kier alpha value is -1.18. The Kier molecular flexibility index (Phi) is 5.24. The number of nitrogens with zero attached hydrogens (tertiary/aromatic N) is 1. The van der Waals surface area contributed by atoms with Gasteiger partial charge in [-0.25, -0.2) is 0 Å². The van der Waals surface area contributed by atoms with Gasteiger partial charge in [0.1, 0.15) is 11.9 Å². The number of nitrogens with one attached hydrogen (secondary N) is 1. The van der Waals surface area contributed by atoms with Crippen molar-refractivity contribution in [2.24, 2.45) is 0 Å². The summed E-state index contributed by atoms with van der Waals surface area (Å²) < 4.78 is 17.1. The number of ether oxygens (including phenoxy) is 3. The van der Waals surface area contributed by atoms with Gasteiger partial charge in [0.2, 0.25) is 0 Å². The Labute approximate surface area is 149 Å².